The first-order valence-electron chi connectivity index (χ1n) is 7.59. The number of carbonyl (C=O) groups is 1. The number of hydrogen-bond acceptors (Lipinski definition) is 3. The van der Waals surface area contributed by atoms with Gasteiger partial charge in [0.05, 0.1) is 11.9 Å². The van der Waals surface area contributed by atoms with Crippen LogP contribution in [0.4, 0.5) is 11.4 Å². The average molecular weight is 346 g/mol. The number of amides is 1. The highest BCUT2D eigenvalue weighted by Crippen LogP contribution is 2.22. The minimum Gasteiger partial charge on any atom is -0.324 e. The molecule has 0 radical (unpaired) electrons. The van der Waals surface area contributed by atoms with Crippen molar-refractivity contribution in [3.8, 4) is 0 Å². The van der Waals surface area contributed by atoms with Gasteiger partial charge in [-0.3, -0.25) is 9.10 Å². The summed E-state index contributed by atoms with van der Waals surface area (Å²) in [7, 11) is -3.57. The molecule has 128 valence electrons. The van der Waals surface area contributed by atoms with E-state index in [0.29, 0.717) is 11.4 Å². The lowest BCUT2D eigenvalue weighted by Crippen LogP contribution is -2.38. The average Bonchev–Trinajstić information content (AvgIpc) is 2.48. The zero-order valence-electron chi connectivity index (χ0n) is 14.3. The largest absolute Gasteiger partial charge is 0.324 e. The third-order valence-electron chi connectivity index (χ3n) is 3.74. The summed E-state index contributed by atoms with van der Waals surface area (Å²) in [4.78, 5) is 12.4. The number of benzene rings is 2. The van der Waals surface area contributed by atoms with Gasteiger partial charge >= 0.3 is 0 Å². The number of sulfonamides is 1. The Kier molecular flexibility index (Phi) is 5.29. The molecule has 2 rings (SSSR count). The van der Waals surface area contributed by atoms with E-state index in [2.05, 4.69) is 5.32 Å². The van der Waals surface area contributed by atoms with Gasteiger partial charge in [-0.15, -0.1) is 0 Å². The van der Waals surface area contributed by atoms with Crippen LogP contribution in [0.5, 0.6) is 0 Å². The van der Waals surface area contributed by atoms with E-state index < -0.39 is 10.0 Å². The van der Waals surface area contributed by atoms with E-state index >= 15 is 0 Å². The summed E-state index contributed by atoms with van der Waals surface area (Å²) in [6.45, 7) is 5.38. The molecule has 0 fully saturated rings. The van der Waals surface area contributed by atoms with Crippen LogP contribution in [-0.4, -0.2) is 27.1 Å². The van der Waals surface area contributed by atoms with Crippen LogP contribution in [0, 0.1) is 20.8 Å². The summed E-state index contributed by atoms with van der Waals surface area (Å²) in [5.74, 6) is -0.377. The van der Waals surface area contributed by atoms with Crippen molar-refractivity contribution in [1.29, 1.82) is 0 Å². The quantitative estimate of drug-likeness (QED) is 0.905. The van der Waals surface area contributed by atoms with Gasteiger partial charge in [0.25, 0.3) is 0 Å². The van der Waals surface area contributed by atoms with E-state index in [1.54, 1.807) is 12.1 Å². The minimum atomic E-state index is -3.57. The molecule has 0 saturated carbocycles. The molecular formula is C18H22N2O3S. The number of rotatable bonds is 5. The van der Waals surface area contributed by atoms with Crippen LogP contribution >= 0.6 is 0 Å². The first kappa shape index (κ1) is 18.0. The maximum atomic E-state index is 12.4. The van der Waals surface area contributed by atoms with Crippen LogP contribution in [0.1, 0.15) is 16.7 Å². The molecule has 24 heavy (non-hydrogen) atoms. The van der Waals surface area contributed by atoms with Crippen molar-refractivity contribution in [2.75, 3.05) is 22.4 Å². The molecule has 1 amide bonds. The van der Waals surface area contributed by atoms with Gasteiger partial charge < -0.3 is 5.32 Å². The second kappa shape index (κ2) is 7.05. The second-order valence-electron chi connectivity index (χ2n) is 5.92. The Morgan fingerprint density at radius 3 is 2.33 bits per heavy atom. The van der Waals surface area contributed by atoms with Gasteiger partial charge in [0, 0.05) is 5.69 Å². The fourth-order valence-electron chi connectivity index (χ4n) is 2.42. The molecule has 0 aromatic heterocycles. The fourth-order valence-corrected chi connectivity index (χ4v) is 3.33. The Morgan fingerprint density at radius 2 is 1.71 bits per heavy atom. The molecule has 0 unspecified atom stereocenters. The van der Waals surface area contributed by atoms with Crippen molar-refractivity contribution < 1.29 is 13.2 Å². The van der Waals surface area contributed by atoms with Crippen molar-refractivity contribution in [3.63, 3.8) is 0 Å². The van der Waals surface area contributed by atoms with Gasteiger partial charge in [0.1, 0.15) is 6.54 Å². The molecule has 0 heterocycles. The first-order valence-corrected chi connectivity index (χ1v) is 9.44. The van der Waals surface area contributed by atoms with E-state index in [1.807, 2.05) is 51.1 Å². The van der Waals surface area contributed by atoms with E-state index in [9.17, 15) is 13.2 Å². The van der Waals surface area contributed by atoms with Crippen molar-refractivity contribution in [2.45, 2.75) is 20.8 Å². The highest BCUT2D eigenvalue weighted by atomic mass is 32.2. The number of aryl methyl sites for hydroxylation is 3. The number of anilines is 2. The Hall–Kier alpha value is -2.34. The summed E-state index contributed by atoms with van der Waals surface area (Å²) in [6, 6.07) is 12.8. The van der Waals surface area contributed by atoms with Crippen LogP contribution in [-0.2, 0) is 14.8 Å². The Bertz CT molecular complexity index is 860. The molecule has 0 aliphatic carbocycles. The highest BCUT2D eigenvalue weighted by molar-refractivity contribution is 7.92. The fraction of sp³-hybridized carbons (Fsp3) is 0.278. The van der Waals surface area contributed by atoms with Gasteiger partial charge in [0.2, 0.25) is 15.9 Å². The number of nitrogens with zero attached hydrogens (tertiary/aromatic N) is 1. The number of hydrogen-bond donors (Lipinski definition) is 1. The molecule has 1 N–H and O–H groups in total. The predicted octanol–water partition coefficient (Wildman–Crippen LogP) is 3.02. The molecule has 0 spiro atoms. The van der Waals surface area contributed by atoms with E-state index in [1.165, 1.54) is 0 Å². The number of para-hydroxylation sites is 1. The molecular weight excluding hydrogens is 324 g/mol. The predicted molar refractivity (Wildman–Crippen MR) is 97.9 cm³/mol. The minimum absolute atomic E-state index is 0.267. The highest BCUT2D eigenvalue weighted by Gasteiger charge is 2.22. The SMILES string of the molecule is Cc1ccc(C)c(NC(=O)CN(c2ccccc2C)S(C)(=O)=O)c1. The molecule has 2 aromatic rings. The van der Waals surface area contributed by atoms with Crippen molar-refractivity contribution >= 4 is 27.3 Å². The Morgan fingerprint density at radius 1 is 1.04 bits per heavy atom. The van der Waals surface area contributed by atoms with Crippen LogP contribution in [0.2, 0.25) is 0 Å². The van der Waals surface area contributed by atoms with Gasteiger partial charge in [-0.05, 0) is 49.6 Å². The third-order valence-corrected chi connectivity index (χ3v) is 4.87. The van der Waals surface area contributed by atoms with E-state index in [0.717, 1.165) is 27.3 Å². The van der Waals surface area contributed by atoms with Crippen LogP contribution in [0.15, 0.2) is 42.5 Å². The van der Waals surface area contributed by atoms with Gasteiger partial charge in [-0.2, -0.15) is 0 Å². The molecule has 0 aliphatic rings. The lowest BCUT2D eigenvalue weighted by molar-refractivity contribution is -0.114. The van der Waals surface area contributed by atoms with Gasteiger partial charge in [-0.1, -0.05) is 30.3 Å². The topological polar surface area (TPSA) is 66.5 Å². The van der Waals surface area contributed by atoms with Crippen LogP contribution < -0.4 is 9.62 Å². The zero-order chi connectivity index (χ0) is 17.9. The lowest BCUT2D eigenvalue weighted by Gasteiger charge is -2.23. The standard InChI is InChI=1S/C18H22N2O3S/c1-13-9-10-14(2)16(11-13)19-18(21)12-20(24(4,22)23)17-8-6-5-7-15(17)3/h5-11H,12H2,1-4H3,(H,19,21). The summed E-state index contributed by atoms with van der Waals surface area (Å²) >= 11 is 0. The molecule has 0 saturated heterocycles. The molecule has 0 atom stereocenters. The first-order chi connectivity index (χ1) is 11.2. The van der Waals surface area contributed by atoms with Gasteiger partial charge in [-0.25, -0.2) is 8.42 Å². The summed E-state index contributed by atoms with van der Waals surface area (Å²) in [6.07, 6.45) is 1.10. The van der Waals surface area contributed by atoms with Crippen LogP contribution in [0.25, 0.3) is 0 Å². The molecule has 5 nitrogen and oxygen atoms in total. The lowest BCUT2D eigenvalue weighted by atomic mass is 10.1. The third kappa shape index (κ3) is 4.35. The summed E-state index contributed by atoms with van der Waals surface area (Å²) < 4.78 is 25.4. The summed E-state index contributed by atoms with van der Waals surface area (Å²) in [5.41, 5.74) is 3.95. The number of carbonyl (C=O) groups excluding carboxylic acids is 1. The van der Waals surface area contributed by atoms with E-state index in [4.69, 9.17) is 0 Å². The monoisotopic (exact) mass is 346 g/mol. The summed E-state index contributed by atoms with van der Waals surface area (Å²) in [5, 5.41) is 2.80. The van der Waals surface area contributed by atoms with Crippen LogP contribution in [0.3, 0.4) is 0 Å². The van der Waals surface area contributed by atoms with Crippen molar-refractivity contribution in [3.05, 3.63) is 59.2 Å². The maximum absolute atomic E-state index is 12.4. The zero-order valence-corrected chi connectivity index (χ0v) is 15.1. The van der Waals surface area contributed by atoms with Gasteiger partial charge in [0.15, 0.2) is 0 Å². The normalized spacial score (nSPS) is 11.2. The second-order valence-corrected chi connectivity index (χ2v) is 7.83. The number of nitrogens with one attached hydrogen (secondary N) is 1. The van der Waals surface area contributed by atoms with Crippen molar-refractivity contribution in [1.82, 2.24) is 0 Å². The Balaban J connectivity index is 2.26. The van der Waals surface area contributed by atoms with Crippen molar-refractivity contribution in [2.24, 2.45) is 0 Å². The Labute approximate surface area is 143 Å². The molecule has 2 aromatic carbocycles. The molecule has 0 aliphatic heterocycles. The van der Waals surface area contributed by atoms with E-state index in [-0.39, 0.29) is 12.5 Å². The molecule has 0 bridgehead atoms. The maximum Gasteiger partial charge on any atom is 0.245 e. The molecule has 6 heteroatoms. The smallest absolute Gasteiger partial charge is 0.245 e.